The molecule has 6 nitrogen and oxygen atoms in total. The fourth-order valence-electron chi connectivity index (χ4n) is 4.68. The smallest absolute Gasteiger partial charge is 0.344 e. The van der Waals surface area contributed by atoms with Gasteiger partial charge in [-0.1, -0.05) is 48.0 Å². The molecule has 0 atom stereocenters. The zero-order valence-electron chi connectivity index (χ0n) is 23.3. The van der Waals surface area contributed by atoms with Crippen molar-refractivity contribution in [2.24, 2.45) is 0 Å². The highest BCUT2D eigenvalue weighted by Gasteiger charge is 2.27. The number of hydrogen-bond acceptors (Lipinski definition) is 4. The average Bonchev–Trinajstić information content (AvgIpc) is 3.96. The summed E-state index contributed by atoms with van der Waals surface area (Å²) in [6, 6.07) is 20.6. The Morgan fingerprint density at radius 1 is 0.689 bits per heavy atom. The summed E-state index contributed by atoms with van der Waals surface area (Å²) in [4.78, 5) is 15.7. The van der Waals surface area contributed by atoms with E-state index in [-0.39, 0.29) is 10.6 Å². The highest BCUT2D eigenvalue weighted by atomic mass is 79.9. The maximum Gasteiger partial charge on any atom is 0.643 e. The molecule has 0 saturated heterocycles. The van der Waals surface area contributed by atoms with Crippen LogP contribution in [0.5, 0.6) is 0 Å². The van der Waals surface area contributed by atoms with Crippen LogP contribution in [0.4, 0.5) is 0 Å². The molecule has 0 aliphatic heterocycles. The van der Waals surface area contributed by atoms with Crippen molar-refractivity contribution in [2.45, 2.75) is 37.8 Å². The van der Waals surface area contributed by atoms with Gasteiger partial charge in [0.15, 0.2) is 0 Å². The fraction of sp³-hybridized carbons (Fsp3) is 0.200. The van der Waals surface area contributed by atoms with E-state index in [2.05, 4.69) is 128 Å². The van der Waals surface area contributed by atoms with Gasteiger partial charge in [-0.25, -0.2) is 50.1 Å². The first-order valence-electron chi connectivity index (χ1n) is 13.7. The standard InChI is InChI=1S/C15H11BrClN3.C11H11N.C4HBrCl2N2.Al.3ClH/c16-12-7-18-15(17)19-14(12)11-8-20(9-5-6-9)13-4-2-1-3-10(11)13;1-2-4-11-9(3-1)7-8-12(11)10-5-6-10;5-2-1-8-4(7)9-3(2)6;;;;/h1-4,7-9H,5-6H2;1-4,7-8,10H,5-6H2;1H;;3*1H/q;;;+3;;;/p-3. The second-order valence-corrected chi connectivity index (χ2v) is 19.2. The van der Waals surface area contributed by atoms with Crippen LogP contribution in [0.15, 0.2) is 88.3 Å². The molecule has 0 unspecified atom stereocenters. The van der Waals surface area contributed by atoms with Gasteiger partial charge in [-0.3, -0.25) is 0 Å². The molecule has 0 radical (unpaired) electrons. The van der Waals surface area contributed by atoms with E-state index in [1.807, 2.05) is 0 Å². The third kappa shape index (κ3) is 9.73. The van der Waals surface area contributed by atoms with Gasteiger partial charge in [0, 0.05) is 58.9 Å². The molecule has 2 aromatic carbocycles. The van der Waals surface area contributed by atoms with Crippen molar-refractivity contribution in [3.05, 3.63) is 104 Å². The van der Waals surface area contributed by atoms with E-state index in [9.17, 15) is 0 Å². The van der Waals surface area contributed by atoms with Crippen molar-refractivity contribution in [1.29, 1.82) is 0 Å². The van der Waals surface area contributed by atoms with E-state index in [4.69, 9.17) is 65.0 Å². The minimum Gasteiger partial charge on any atom is -0.344 e. The van der Waals surface area contributed by atoms with Crippen molar-refractivity contribution < 1.29 is 0 Å². The molecule has 2 aliphatic rings. The van der Waals surface area contributed by atoms with Crippen molar-refractivity contribution >= 4 is 130 Å². The number of benzene rings is 2. The molecule has 6 aromatic rings. The largest absolute Gasteiger partial charge is 0.643 e. The molecule has 2 aliphatic carbocycles. The van der Waals surface area contributed by atoms with Gasteiger partial charge >= 0.3 is 11.4 Å². The molecule has 0 bridgehead atoms. The third-order valence-electron chi connectivity index (χ3n) is 6.89. The topological polar surface area (TPSA) is 61.4 Å². The van der Waals surface area contributed by atoms with Gasteiger partial charge < -0.3 is 9.13 Å². The Labute approximate surface area is 309 Å². The average molecular weight is 867 g/mol. The fourth-order valence-corrected chi connectivity index (χ4v) is 5.72. The second-order valence-electron chi connectivity index (χ2n) is 10.1. The summed E-state index contributed by atoms with van der Waals surface area (Å²) in [5.74, 6) is 0. The molecule has 0 N–H and O–H groups in total. The van der Waals surface area contributed by atoms with Gasteiger partial charge in [-0.2, -0.15) is 0 Å². The molecule has 2 saturated carbocycles. The summed E-state index contributed by atoms with van der Waals surface area (Å²) in [5, 5.41) is 3.32. The Bertz CT molecular complexity index is 1910. The maximum atomic E-state index is 5.95. The molecule has 8 rings (SSSR count). The van der Waals surface area contributed by atoms with Gasteiger partial charge in [-0.05, 0) is 104 Å². The molecular formula is C30H23AlBr2Cl6N6. The van der Waals surface area contributed by atoms with Crippen LogP contribution in [0.3, 0.4) is 0 Å². The Balaban J connectivity index is 0.000000136. The lowest BCUT2D eigenvalue weighted by Crippen LogP contribution is -1.90. The van der Waals surface area contributed by atoms with Crippen LogP contribution in [0.1, 0.15) is 37.8 Å². The van der Waals surface area contributed by atoms with E-state index in [0.717, 1.165) is 21.8 Å². The highest BCUT2D eigenvalue weighted by Crippen LogP contribution is 2.42. The number of nitrogens with zero attached hydrogens (tertiary/aromatic N) is 6. The number of halogens is 8. The molecule has 0 amide bonds. The molecule has 15 heteroatoms. The van der Waals surface area contributed by atoms with Gasteiger partial charge in [0.1, 0.15) is 5.15 Å². The van der Waals surface area contributed by atoms with Crippen LogP contribution in [-0.2, 0) is 0 Å². The van der Waals surface area contributed by atoms with Crippen molar-refractivity contribution in [1.82, 2.24) is 29.1 Å². The maximum absolute atomic E-state index is 5.95. The second kappa shape index (κ2) is 16.3. The zero-order valence-corrected chi connectivity index (χ0v) is 32.1. The normalized spacial score (nSPS) is 13.7. The lowest BCUT2D eigenvalue weighted by molar-refractivity contribution is 0.776. The lowest BCUT2D eigenvalue weighted by Gasteiger charge is -2.01. The number of rotatable bonds is 3. The first-order valence-corrected chi connectivity index (χ1v) is 21.7. The molecule has 45 heavy (non-hydrogen) atoms. The number of fused-ring (bicyclic) bond motifs is 2. The summed E-state index contributed by atoms with van der Waals surface area (Å²) in [6.07, 6.45) is 12.8. The van der Waals surface area contributed by atoms with Crippen molar-refractivity contribution in [3.8, 4) is 11.3 Å². The summed E-state index contributed by atoms with van der Waals surface area (Å²) >= 11 is 21.8. The van der Waals surface area contributed by atoms with Crippen molar-refractivity contribution in [3.63, 3.8) is 0 Å². The highest BCUT2D eigenvalue weighted by molar-refractivity contribution is 9.10. The van der Waals surface area contributed by atoms with Gasteiger partial charge in [0.05, 0.1) is 14.6 Å². The molecule has 232 valence electrons. The summed E-state index contributed by atoms with van der Waals surface area (Å²) in [7, 11) is 14.8. The molecule has 4 aromatic heterocycles. The first kappa shape index (κ1) is 35.2. The molecule has 0 spiro atoms. The summed E-state index contributed by atoms with van der Waals surface area (Å²) < 4.78 is 6.26. The number of hydrogen-bond donors (Lipinski definition) is 0. The Morgan fingerprint density at radius 2 is 1.24 bits per heavy atom. The summed E-state index contributed by atoms with van der Waals surface area (Å²) in [5.41, 5.74) is 4.59. The first-order chi connectivity index (χ1) is 21.6. The van der Waals surface area contributed by atoms with E-state index < -0.39 is 11.4 Å². The third-order valence-corrected chi connectivity index (χ3v) is 8.93. The predicted octanol–water partition coefficient (Wildman–Crippen LogP) is 12.1. The van der Waals surface area contributed by atoms with Crippen LogP contribution in [0.25, 0.3) is 33.1 Å². The Morgan fingerprint density at radius 3 is 1.87 bits per heavy atom. The van der Waals surface area contributed by atoms with E-state index in [1.165, 1.54) is 53.7 Å². The van der Waals surface area contributed by atoms with Crippen LogP contribution < -0.4 is 0 Å². The molecule has 4 heterocycles. The van der Waals surface area contributed by atoms with E-state index in [1.54, 1.807) is 6.20 Å². The van der Waals surface area contributed by atoms with Crippen LogP contribution in [-0.4, -0.2) is 40.5 Å². The molecular weight excluding hydrogens is 844 g/mol. The van der Waals surface area contributed by atoms with Crippen molar-refractivity contribution in [2.75, 3.05) is 0 Å². The Hall–Kier alpha value is -1.09. The van der Waals surface area contributed by atoms with Crippen LogP contribution >= 0.6 is 96.8 Å². The summed E-state index contributed by atoms with van der Waals surface area (Å²) in [6.45, 7) is 0. The lowest BCUT2D eigenvalue weighted by atomic mass is 10.1. The Kier molecular flexibility index (Phi) is 12.8. The van der Waals surface area contributed by atoms with Crippen LogP contribution in [0.2, 0.25) is 15.7 Å². The van der Waals surface area contributed by atoms with Crippen LogP contribution in [0, 0.1) is 0 Å². The van der Waals surface area contributed by atoms with E-state index >= 15 is 0 Å². The van der Waals surface area contributed by atoms with Gasteiger partial charge in [0.25, 0.3) is 0 Å². The number of para-hydroxylation sites is 2. The quantitative estimate of drug-likeness (QED) is 0.101. The monoisotopic (exact) mass is 862 g/mol. The van der Waals surface area contributed by atoms with Gasteiger partial charge in [-0.15, -0.1) is 0 Å². The number of aromatic nitrogens is 6. The van der Waals surface area contributed by atoms with Gasteiger partial charge in [0.2, 0.25) is 10.6 Å². The SMILES string of the molecule is Clc1ncc(Br)c(-c2cn(C3CC3)c3ccccc23)n1.Clc1ncc(Br)c(Cl)n1.[Cl][Al]([Cl])[Cl].c1ccc2c(c1)ccn2C1CC1. The molecule has 2 fully saturated rings. The minimum atomic E-state index is -1.72. The zero-order chi connectivity index (χ0) is 32.1. The van der Waals surface area contributed by atoms with E-state index in [0.29, 0.717) is 15.7 Å². The predicted molar refractivity (Wildman–Crippen MR) is 197 cm³/mol. The minimum absolute atomic E-state index is 0.156.